The number of nitrogens with zero attached hydrogens (tertiary/aromatic N) is 1. The van der Waals surface area contributed by atoms with Gasteiger partial charge >= 0.3 is 11.5 Å². The van der Waals surface area contributed by atoms with E-state index in [0.29, 0.717) is 0 Å². The van der Waals surface area contributed by atoms with Crippen molar-refractivity contribution in [1.82, 2.24) is 0 Å². The lowest BCUT2D eigenvalue weighted by Crippen LogP contribution is -2.08. The van der Waals surface area contributed by atoms with Gasteiger partial charge in [0.1, 0.15) is 6.07 Å². The molecule has 0 saturated heterocycles. The van der Waals surface area contributed by atoms with Crippen LogP contribution in [0, 0.1) is 11.3 Å². The van der Waals surface area contributed by atoms with Gasteiger partial charge in [-0.2, -0.15) is 18.4 Å². The van der Waals surface area contributed by atoms with Gasteiger partial charge in [0, 0.05) is 4.90 Å². The van der Waals surface area contributed by atoms with Crippen LogP contribution in [0.2, 0.25) is 5.02 Å². The molecule has 0 amide bonds. The van der Waals surface area contributed by atoms with Gasteiger partial charge in [-0.25, -0.2) is 4.79 Å². The van der Waals surface area contributed by atoms with Crippen molar-refractivity contribution in [2.45, 2.75) is 17.3 Å². The lowest BCUT2D eigenvalue weighted by Gasteiger charge is -2.10. The zero-order valence-corrected chi connectivity index (χ0v) is 11.1. The number of hydrogen-bond donors (Lipinski definition) is 0. The summed E-state index contributed by atoms with van der Waals surface area (Å²) in [7, 11) is 0. The molecule has 0 spiro atoms. The van der Waals surface area contributed by atoms with Crippen LogP contribution in [0.15, 0.2) is 17.0 Å². The van der Waals surface area contributed by atoms with E-state index in [9.17, 15) is 18.0 Å². The molecule has 1 aromatic rings. The monoisotopic (exact) mass is 309 g/mol. The smallest absolute Gasteiger partial charge is 0.446 e. The van der Waals surface area contributed by atoms with Gasteiger partial charge in [0.05, 0.1) is 22.8 Å². The first-order valence-corrected chi connectivity index (χ1v) is 6.14. The molecular weight excluding hydrogens is 303 g/mol. The van der Waals surface area contributed by atoms with Gasteiger partial charge in [-0.3, -0.25) is 0 Å². The zero-order valence-electron chi connectivity index (χ0n) is 9.55. The number of ether oxygens (including phenoxy) is 1. The van der Waals surface area contributed by atoms with Crippen LogP contribution in [-0.2, 0) is 4.74 Å². The molecule has 102 valence electrons. The van der Waals surface area contributed by atoms with Crippen LogP contribution in [0.4, 0.5) is 13.2 Å². The van der Waals surface area contributed by atoms with E-state index in [1.165, 1.54) is 0 Å². The molecule has 0 aromatic heterocycles. The number of carbonyl (C=O) groups is 1. The molecule has 8 heteroatoms. The highest BCUT2D eigenvalue weighted by Crippen LogP contribution is 2.41. The Bertz CT molecular complexity index is 540. The molecule has 0 aliphatic carbocycles. The number of nitriles is 1. The molecule has 3 nitrogen and oxygen atoms in total. The van der Waals surface area contributed by atoms with Gasteiger partial charge in [-0.1, -0.05) is 11.6 Å². The van der Waals surface area contributed by atoms with E-state index >= 15 is 0 Å². The summed E-state index contributed by atoms with van der Waals surface area (Å²) < 4.78 is 41.5. The van der Waals surface area contributed by atoms with Crippen molar-refractivity contribution in [3.63, 3.8) is 0 Å². The van der Waals surface area contributed by atoms with Crippen molar-refractivity contribution >= 4 is 29.3 Å². The summed E-state index contributed by atoms with van der Waals surface area (Å²) in [5, 5.41) is 8.60. The number of halogens is 4. The third kappa shape index (κ3) is 4.33. The second kappa shape index (κ2) is 6.17. The van der Waals surface area contributed by atoms with E-state index < -0.39 is 23.2 Å². The van der Waals surface area contributed by atoms with Crippen molar-refractivity contribution in [3.8, 4) is 6.07 Å². The van der Waals surface area contributed by atoms with Gasteiger partial charge in [0.15, 0.2) is 0 Å². The quantitative estimate of drug-likeness (QED) is 0.625. The van der Waals surface area contributed by atoms with Crippen molar-refractivity contribution in [1.29, 1.82) is 5.26 Å². The molecule has 19 heavy (non-hydrogen) atoms. The van der Waals surface area contributed by atoms with Crippen molar-refractivity contribution < 1.29 is 22.7 Å². The average molecular weight is 310 g/mol. The maximum Gasteiger partial charge on any atom is 0.446 e. The van der Waals surface area contributed by atoms with Crippen molar-refractivity contribution in [3.05, 3.63) is 28.3 Å². The minimum absolute atomic E-state index is 0.0837. The summed E-state index contributed by atoms with van der Waals surface area (Å²) in [6.07, 6.45) is 0. The predicted octanol–water partition coefficient (Wildman–Crippen LogP) is 4.00. The first-order chi connectivity index (χ1) is 8.78. The minimum atomic E-state index is -4.53. The SMILES string of the molecule is CCOC(=O)c1cc(Cl)c(SC(F)(F)F)cc1C#N. The Morgan fingerprint density at radius 2 is 2.16 bits per heavy atom. The fraction of sp³-hybridized carbons (Fsp3) is 0.273. The number of thioether (sulfide) groups is 1. The summed E-state index contributed by atoms with van der Waals surface area (Å²) in [5.74, 6) is -0.801. The third-order valence-electron chi connectivity index (χ3n) is 1.91. The van der Waals surface area contributed by atoms with Crippen LogP contribution in [0.25, 0.3) is 0 Å². The van der Waals surface area contributed by atoms with E-state index in [1.54, 1.807) is 13.0 Å². The Morgan fingerprint density at radius 1 is 1.53 bits per heavy atom. The number of benzene rings is 1. The van der Waals surface area contributed by atoms with Gasteiger partial charge in [0.2, 0.25) is 0 Å². The number of carbonyl (C=O) groups excluding carboxylic acids is 1. The van der Waals surface area contributed by atoms with E-state index in [-0.39, 0.29) is 27.7 Å². The molecule has 0 atom stereocenters. The number of esters is 1. The third-order valence-corrected chi connectivity index (χ3v) is 3.13. The molecule has 0 fully saturated rings. The number of rotatable bonds is 3. The Labute approximate surface area is 116 Å². The van der Waals surface area contributed by atoms with Crippen molar-refractivity contribution in [2.75, 3.05) is 6.61 Å². The fourth-order valence-electron chi connectivity index (χ4n) is 1.23. The van der Waals surface area contributed by atoms with Gasteiger partial charge in [-0.15, -0.1) is 0 Å². The topological polar surface area (TPSA) is 50.1 Å². The number of alkyl halides is 3. The molecule has 0 saturated carbocycles. The molecule has 0 N–H and O–H groups in total. The van der Waals surface area contributed by atoms with E-state index in [4.69, 9.17) is 16.9 Å². The Morgan fingerprint density at radius 3 is 2.63 bits per heavy atom. The molecule has 0 bridgehead atoms. The largest absolute Gasteiger partial charge is 0.462 e. The first kappa shape index (κ1) is 15.7. The maximum atomic E-state index is 12.3. The van der Waals surface area contributed by atoms with E-state index in [1.807, 2.05) is 0 Å². The Hall–Kier alpha value is -1.39. The second-order valence-electron chi connectivity index (χ2n) is 3.21. The Kier molecular flexibility index (Phi) is 5.09. The molecule has 1 aromatic carbocycles. The Balaban J connectivity index is 3.22. The molecule has 1 rings (SSSR count). The molecule has 0 aliphatic rings. The lowest BCUT2D eigenvalue weighted by molar-refractivity contribution is -0.0328. The highest BCUT2D eigenvalue weighted by Gasteiger charge is 2.31. The van der Waals surface area contributed by atoms with Gasteiger partial charge in [-0.05, 0) is 30.8 Å². The second-order valence-corrected chi connectivity index (χ2v) is 4.72. The van der Waals surface area contributed by atoms with Gasteiger partial charge < -0.3 is 4.74 Å². The minimum Gasteiger partial charge on any atom is -0.462 e. The molecule has 0 heterocycles. The van der Waals surface area contributed by atoms with E-state index in [2.05, 4.69) is 4.74 Å². The predicted molar refractivity (Wildman–Crippen MR) is 64.0 cm³/mol. The van der Waals surface area contributed by atoms with Gasteiger partial charge in [0.25, 0.3) is 0 Å². The normalized spacial score (nSPS) is 10.9. The molecule has 0 radical (unpaired) electrons. The maximum absolute atomic E-state index is 12.3. The molecule has 0 unspecified atom stereocenters. The summed E-state index contributed by atoms with van der Waals surface area (Å²) >= 11 is 5.23. The van der Waals surface area contributed by atoms with Crippen molar-refractivity contribution in [2.24, 2.45) is 0 Å². The molecular formula is C11H7ClF3NO2S. The molecule has 0 aliphatic heterocycles. The fourth-order valence-corrected chi connectivity index (χ4v) is 2.09. The van der Waals surface area contributed by atoms with Crippen LogP contribution in [0.1, 0.15) is 22.8 Å². The summed E-state index contributed by atoms with van der Waals surface area (Å²) in [6.45, 7) is 1.65. The summed E-state index contributed by atoms with van der Waals surface area (Å²) in [5.41, 5.74) is -4.89. The zero-order chi connectivity index (χ0) is 14.6. The number of hydrogen-bond acceptors (Lipinski definition) is 4. The van der Waals surface area contributed by atoms with Crippen LogP contribution in [0.5, 0.6) is 0 Å². The first-order valence-electron chi connectivity index (χ1n) is 4.95. The lowest BCUT2D eigenvalue weighted by atomic mass is 10.1. The van der Waals surface area contributed by atoms with Crippen LogP contribution >= 0.6 is 23.4 Å². The standard InChI is InChI=1S/C11H7ClF3NO2S/c1-2-18-10(17)7-4-8(12)9(3-6(7)5-16)19-11(13,14)15/h3-4H,2H2,1H3. The summed E-state index contributed by atoms with van der Waals surface area (Å²) in [4.78, 5) is 11.2. The average Bonchev–Trinajstić information content (AvgIpc) is 2.29. The van der Waals surface area contributed by atoms with Crippen LogP contribution in [0.3, 0.4) is 0 Å². The summed E-state index contributed by atoms with van der Waals surface area (Å²) in [6, 6.07) is 3.58. The van der Waals surface area contributed by atoms with Crippen LogP contribution in [-0.4, -0.2) is 18.1 Å². The highest BCUT2D eigenvalue weighted by molar-refractivity contribution is 8.00. The van der Waals surface area contributed by atoms with E-state index in [0.717, 1.165) is 12.1 Å². The van der Waals surface area contributed by atoms with Crippen LogP contribution < -0.4 is 0 Å². The highest BCUT2D eigenvalue weighted by atomic mass is 35.5.